The molecule has 1 aliphatic heterocycles. The third-order valence-corrected chi connectivity index (χ3v) is 5.52. The van der Waals surface area contributed by atoms with E-state index in [0.29, 0.717) is 22.9 Å². The maximum atomic E-state index is 13.6. The second-order valence-electron chi connectivity index (χ2n) is 7.78. The molecule has 4 aromatic rings. The molecule has 4 N–H and O–H groups in total. The molecule has 10 heteroatoms. The van der Waals surface area contributed by atoms with Gasteiger partial charge >= 0.3 is 0 Å². The Bertz CT molecular complexity index is 1260. The lowest BCUT2D eigenvalue weighted by atomic mass is 10.2. The summed E-state index contributed by atoms with van der Waals surface area (Å²) in [5, 5.41) is 1.95. The van der Waals surface area contributed by atoms with Gasteiger partial charge in [0.2, 0.25) is 5.95 Å². The first-order chi connectivity index (χ1) is 16.1. The zero-order chi connectivity index (χ0) is 22.8. The second-order valence-corrected chi connectivity index (χ2v) is 7.78. The Morgan fingerprint density at radius 3 is 2.52 bits per heavy atom. The fourth-order valence-corrected chi connectivity index (χ4v) is 3.90. The molecule has 10 nitrogen and oxygen atoms in total. The summed E-state index contributed by atoms with van der Waals surface area (Å²) in [6, 6.07) is 14.6. The fourth-order valence-electron chi connectivity index (χ4n) is 3.90. The van der Waals surface area contributed by atoms with Crippen LogP contribution in [0.1, 0.15) is 40.2 Å². The predicted molar refractivity (Wildman–Crippen MR) is 122 cm³/mol. The number of anilines is 2. The number of aromatic nitrogens is 4. The third-order valence-electron chi connectivity index (χ3n) is 5.52. The molecule has 2 aromatic carbocycles. The molecular formula is C23H23N7O3. The van der Waals surface area contributed by atoms with Crippen LogP contribution in [-0.2, 0) is 0 Å². The highest BCUT2D eigenvalue weighted by molar-refractivity contribution is 6.14. The van der Waals surface area contributed by atoms with Crippen LogP contribution in [0.15, 0.2) is 54.9 Å². The van der Waals surface area contributed by atoms with Crippen molar-refractivity contribution in [3.05, 3.63) is 66.2 Å². The molecule has 0 atom stereocenters. The zero-order valence-corrected chi connectivity index (χ0v) is 17.8. The predicted octanol–water partition coefficient (Wildman–Crippen LogP) is 3.14. The van der Waals surface area contributed by atoms with Crippen molar-refractivity contribution in [2.45, 2.75) is 19.3 Å². The van der Waals surface area contributed by atoms with E-state index in [2.05, 4.69) is 19.9 Å². The number of nitrogens with one attached hydrogen (secondary N) is 2. The molecule has 5 rings (SSSR count). The van der Waals surface area contributed by atoms with Crippen LogP contribution in [0.2, 0.25) is 0 Å². The number of H-pyrrole nitrogens is 2. The topological polar surface area (TPSA) is 133 Å². The number of aromatic amines is 2. The molecule has 1 fully saturated rings. The number of primary amides is 1. The van der Waals surface area contributed by atoms with Gasteiger partial charge in [-0.05, 0) is 49.2 Å². The van der Waals surface area contributed by atoms with Crippen molar-refractivity contribution in [1.29, 1.82) is 0 Å². The average molecular weight is 445 g/mol. The van der Waals surface area contributed by atoms with Crippen molar-refractivity contribution >= 4 is 34.5 Å². The molecule has 2 amide bonds. The Hall–Kier alpha value is -4.18. The Kier molecular flexibility index (Phi) is 5.49. The molecule has 2 aromatic heterocycles. The lowest BCUT2D eigenvalue weighted by Gasteiger charge is -2.26. The fraction of sp³-hybridized carbons (Fsp3) is 0.217. The SMILES string of the molecule is NC(=O)c1nc[nH]c1C(=O)N(c1ccc(ON2CCCCC2)cc1)c1nc2ccccc2[nH]1. The van der Waals surface area contributed by atoms with Gasteiger partial charge in [0.05, 0.1) is 23.0 Å². The van der Waals surface area contributed by atoms with Gasteiger partial charge < -0.3 is 20.5 Å². The lowest BCUT2D eigenvalue weighted by Crippen LogP contribution is -2.32. The van der Waals surface area contributed by atoms with Gasteiger partial charge in [0, 0.05) is 13.1 Å². The van der Waals surface area contributed by atoms with Gasteiger partial charge in [0.25, 0.3) is 11.8 Å². The standard InChI is InChI=1S/C23H23N7O3/c24-21(31)19-20(26-14-25-19)22(32)30(23-27-17-6-2-3-7-18(17)28-23)15-8-10-16(11-9-15)33-29-12-4-1-5-13-29/h2-3,6-11,14H,1,4-5,12-13H2,(H2,24,31)(H,25,26)(H,27,28). The van der Waals surface area contributed by atoms with Crippen molar-refractivity contribution in [3.63, 3.8) is 0 Å². The number of hydrogen-bond donors (Lipinski definition) is 3. The van der Waals surface area contributed by atoms with Crippen LogP contribution in [0, 0.1) is 0 Å². The molecule has 3 heterocycles. The normalized spacial score (nSPS) is 14.3. The van der Waals surface area contributed by atoms with Crippen molar-refractivity contribution in [2.75, 3.05) is 18.0 Å². The Labute approximate surface area is 189 Å². The van der Waals surface area contributed by atoms with Crippen LogP contribution >= 0.6 is 0 Å². The van der Waals surface area contributed by atoms with Gasteiger partial charge in [0.15, 0.2) is 5.69 Å². The van der Waals surface area contributed by atoms with Gasteiger partial charge in [-0.15, -0.1) is 5.06 Å². The molecule has 0 radical (unpaired) electrons. The van der Waals surface area contributed by atoms with Crippen molar-refractivity contribution in [3.8, 4) is 5.75 Å². The van der Waals surface area contributed by atoms with E-state index in [0.717, 1.165) is 31.4 Å². The maximum absolute atomic E-state index is 13.6. The second kappa shape index (κ2) is 8.75. The van der Waals surface area contributed by atoms with Crippen molar-refractivity contribution in [1.82, 2.24) is 25.0 Å². The zero-order valence-electron chi connectivity index (χ0n) is 17.8. The summed E-state index contributed by atoms with van der Waals surface area (Å²) in [7, 11) is 0. The van der Waals surface area contributed by atoms with Crippen molar-refractivity contribution in [2.24, 2.45) is 5.73 Å². The maximum Gasteiger partial charge on any atom is 0.284 e. The van der Waals surface area contributed by atoms with E-state index < -0.39 is 11.8 Å². The Morgan fingerprint density at radius 1 is 1.03 bits per heavy atom. The van der Waals surface area contributed by atoms with E-state index in [1.54, 1.807) is 24.3 Å². The number of carbonyl (C=O) groups is 2. The van der Waals surface area contributed by atoms with E-state index in [4.69, 9.17) is 10.6 Å². The molecule has 0 bridgehead atoms. The minimum atomic E-state index is -0.797. The summed E-state index contributed by atoms with van der Waals surface area (Å²) in [5.41, 5.74) is 7.27. The number of imidazole rings is 2. The molecule has 1 aliphatic rings. The summed E-state index contributed by atoms with van der Waals surface area (Å²) >= 11 is 0. The summed E-state index contributed by atoms with van der Waals surface area (Å²) < 4.78 is 0. The number of hydroxylamine groups is 2. The Morgan fingerprint density at radius 2 is 1.79 bits per heavy atom. The number of nitrogens with two attached hydrogens (primary N) is 1. The van der Waals surface area contributed by atoms with Crippen LogP contribution < -0.4 is 15.5 Å². The van der Waals surface area contributed by atoms with Crippen LogP contribution in [-0.4, -0.2) is 49.9 Å². The number of rotatable bonds is 6. The number of benzene rings is 2. The number of nitrogens with zero attached hydrogens (tertiary/aromatic N) is 4. The summed E-state index contributed by atoms with van der Waals surface area (Å²) in [5.74, 6) is -0.340. The monoisotopic (exact) mass is 445 g/mol. The van der Waals surface area contributed by atoms with E-state index >= 15 is 0 Å². The largest absolute Gasteiger partial charge is 0.406 e. The lowest BCUT2D eigenvalue weighted by molar-refractivity contribution is -0.0719. The minimum absolute atomic E-state index is 0.0170. The molecule has 33 heavy (non-hydrogen) atoms. The van der Waals surface area contributed by atoms with E-state index in [9.17, 15) is 9.59 Å². The number of para-hydroxylation sites is 2. The minimum Gasteiger partial charge on any atom is -0.406 e. The quantitative estimate of drug-likeness (QED) is 0.418. The number of amides is 2. The van der Waals surface area contributed by atoms with Gasteiger partial charge in [-0.3, -0.25) is 9.59 Å². The van der Waals surface area contributed by atoms with Crippen LogP contribution in [0.25, 0.3) is 11.0 Å². The molecule has 0 saturated carbocycles. The van der Waals surface area contributed by atoms with Gasteiger partial charge in [-0.25, -0.2) is 14.9 Å². The number of carbonyl (C=O) groups excluding carboxylic acids is 2. The smallest absolute Gasteiger partial charge is 0.284 e. The van der Waals surface area contributed by atoms with Crippen LogP contribution in [0.3, 0.4) is 0 Å². The molecule has 0 aliphatic carbocycles. The number of fused-ring (bicyclic) bond motifs is 1. The van der Waals surface area contributed by atoms with E-state index in [1.807, 2.05) is 29.3 Å². The first-order valence-corrected chi connectivity index (χ1v) is 10.8. The average Bonchev–Trinajstić information content (AvgIpc) is 3.48. The third kappa shape index (κ3) is 4.15. The molecule has 1 saturated heterocycles. The summed E-state index contributed by atoms with van der Waals surface area (Å²) in [4.78, 5) is 47.0. The Balaban J connectivity index is 1.51. The van der Waals surface area contributed by atoms with Gasteiger partial charge in [-0.1, -0.05) is 18.6 Å². The number of hydrogen-bond acceptors (Lipinski definition) is 6. The molecule has 0 spiro atoms. The highest BCUT2D eigenvalue weighted by atomic mass is 16.7. The van der Waals surface area contributed by atoms with Gasteiger partial charge in [0.1, 0.15) is 11.4 Å². The number of piperidine rings is 1. The highest BCUT2D eigenvalue weighted by Crippen LogP contribution is 2.29. The van der Waals surface area contributed by atoms with E-state index in [1.165, 1.54) is 17.6 Å². The van der Waals surface area contributed by atoms with Crippen molar-refractivity contribution < 1.29 is 14.4 Å². The first-order valence-electron chi connectivity index (χ1n) is 10.8. The van der Waals surface area contributed by atoms with Crippen LogP contribution in [0.5, 0.6) is 5.75 Å². The molecular weight excluding hydrogens is 422 g/mol. The van der Waals surface area contributed by atoms with Gasteiger partial charge in [-0.2, -0.15) is 0 Å². The summed E-state index contributed by atoms with van der Waals surface area (Å²) in [6.45, 7) is 1.78. The first kappa shape index (κ1) is 20.7. The van der Waals surface area contributed by atoms with Crippen LogP contribution in [0.4, 0.5) is 11.6 Å². The molecule has 168 valence electrons. The molecule has 0 unspecified atom stereocenters. The summed E-state index contributed by atoms with van der Waals surface area (Å²) in [6.07, 6.45) is 4.70. The highest BCUT2D eigenvalue weighted by Gasteiger charge is 2.28. The van der Waals surface area contributed by atoms with E-state index in [-0.39, 0.29) is 11.4 Å².